The number of rotatable bonds is 2. The van der Waals surface area contributed by atoms with Gasteiger partial charge in [0.05, 0.1) is 11.4 Å². The van der Waals surface area contributed by atoms with Crippen LogP contribution in [0.15, 0.2) is 47.5 Å². The van der Waals surface area contributed by atoms with Crippen molar-refractivity contribution in [1.29, 1.82) is 0 Å². The molecule has 4 nitrogen and oxygen atoms in total. The molecule has 1 amide bonds. The standard InChI is InChI=1S/C18H17ClN2O2/c1-3-15-18(23)21(2)16-9-6-12(19)10-14(16)17(20-15)11-4-7-13(22)8-5-11/h4-10,15,22H,3H2,1-2H3. The highest BCUT2D eigenvalue weighted by Gasteiger charge is 2.28. The number of benzodiazepines with no additional fused rings is 1. The van der Waals surface area contributed by atoms with Crippen LogP contribution in [0.1, 0.15) is 24.5 Å². The predicted molar refractivity (Wildman–Crippen MR) is 92.7 cm³/mol. The Balaban J connectivity index is 2.25. The van der Waals surface area contributed by atoms with E-state index in [4.69, 9.17) is 16.6 Å². The third-order valence-electron chi connectivity index (χ3n) is 4.00. The van der Waals surface area contributed by atoms with Gasteiger partial charge in [-0.15, -0.1) is 0 Å². The molecule has 0 radical (unpaired) electrons. The molecule has 0 spiro atoms. The Bertz CT molecular complexity index is 784. The van der Waals surface area contributed by atoms with E-state index in [0.29, 0.717) is 17.2 Å². The van der Waals surface area contributed by atoms with Gasteiger partial charge in [-0.2, -0.15) is 0 Å². The lowest BCUT2D eigenvalue weighted by atomic mass is 10.00. The van der Waals surface area contributed by atoms with Crippen molar-refractivity contribution in [3.63, 3.8) is 0 Å². The third kappa shape index (κ3) is 2.82. The van der Waals surface area contributed by atoms with E-state index in [0.717, 1.165) is 16.8 Å². The zero-order valence-electron chi connectivity index (χ0n) is 13.0. The molecule has 1 aliphatic rings. The fraction of sp³-hybridized carbons (Fsp3) is 0.222. The van der Waals surface area contributed by atoms with Crippen molar-refractivity contribution in [3.05, 3.63) is 58.6 Å². The van der Waals surface area contributed by atoms with E-state index >= 15 is 0 Å². The number of hydrogen-bond acceptors (Lipinski definition) is 3. The van der Waals surface area contributed by atoms with Gasteiger partial charge in [0.2, 0.25) is 0 Å². The largest absolute Gasteiger partial charge is 0.508 e. The number of amides is 1. The molecule has 0 fully saturated rings. The van der Waals surface area contributed by atoms with Gasteiger partial charge in [-0.05, 0) is 48.9 Å². The number of anilines is 1. The molecule has 5 heteroatoms. The lowest BCUT2D eigenvalue weighted by Crippen LogP contribution is -2.34. The lowest BCUT2D eigenvalue weighted by molar-refractivity contribution is -0.119. The van der Waals surface area contributed by atoms with Crippen molar-refractivity contribution in [3.8, 4) is 5.75 Å². The number of fused-ring (bicyclic) bond motifs is 1. The first-order valence-electron chi connectivity index (χ1n) is 7.46. The highest BCUT2D eigenvalue weighted by molar-refractivity contribution is 6.32. The lowest BCUT2D eigenvalue weighted by Gasteiger charge is -2.20. The molecule has 0 bridgehead atoms. The smallest absolute Gasteiger partial charge is 0.251 e. The number of carbonyl (C=O) groups excluding carboxylic acids is 1. The van der Waals surface area contributed by atoms with Gasteiger partial charge in [-0.25, -0.2) is 0 Å². The van der Waals surface area contributed by atoms with Gasteiger partial charge >= 0.3 is 0 Å². The minimum absolute atomic E-state index is 0.0372. The van der Waals surface area contributed by atoms with Gasteiger partial charge in [0.15, 0.2) is 0 Å². The number of nitrogens with zero attached hydrogens (tertiary/aromatic N) is 2. The third-order valence-corrected chi connectivity index (χ3v) is 4.24. The Labute approximate surface area is 140 Å². The fourth-order valence-electron chi connectivity index (χ4n) is 2.73. The molecule has 2 aromatic rings. The number of benzene rings is 2. The molecule has 0 saturated carbocycles. The molecule has 1 heterocycles. The molecule has 23 heavy (non-hydrogen) atoms. The minimum Gasteiger partial charge on any atom is -0.508 e. The first kappa shape index (κ1) is 15.6. The first-order valence-corrected chi connectivity index (χ1v) is 7.83. The van der Waals surface area contributed by atoms with Crippen LogP contribution in [0, 0.1) is 0 Å². The number of hydrogen-bond donors (Lipinski definition) is 1. The van der Waals surface area contributed by atoms with Crippen LogP contribution >= 0.6 is 11.6 Å². The second-order valence-electron chi connectivity index (χ2n) is 5.51. The van der Waals surface area contributed by atoms with Crippen LogP contribution in [-0.4, -0.2) is 29.8 Å². The van der Waals surface area contributed by atoms with Gasteiger partial charge in [-0.1, -0.05) is 18.5 Å². The van der Waals surface area contributed by atoms with E-state index in [1.807, 2.05) is 19.1 Å². The summed E-state index contributed by atoms with van der Waals surface area (Å²) in [4.78, 5) is 18.9. The number of likely N-dealkylation sites (N-methyl/N-ethyl adjacent to an activating group) is 1. The summed E-state index contributed by atoms with van der Waals surface area (Å²) in [5.41, 5.74) is 3.15. The van der Waals surface area contributed by atoms with E-state index in [9.17, 15) is 9.90 Å². The van der Waals surface area contributed by atoms with E-state index in [1.54, 1.807) is 42.3 Å². The van der Waals surface area contributed by atoms with Gasteiger partial charge in [0, 0.05) is 23.2 Å². The zero-order chi connectivity index (χ0) is 16.6. The molecule has 3 rings (SSSR count). The van der Waals surface area contributed by atoms with E-state index in [2.05, 4.69) is 0 Å². The molecular formula is C18H17ClN2O2. The molecule has 0 aliphatic carbocycles. The molecule has 0 saturated heterocycles. The number of aliphatic imine (C=N–C) groups is 1. The number of halogens is 1. The fourth-order valence-corrected chi connectivity index (χ4v) is 2.90. The summed E-state index contributed by atoms with van der Waals surface area (Å²) < 4.78 is 0. The van der Waals surface area contributed by atoms with Crippen molar-refractivity contribution < 1.29 is 9.90 Å². The Kier molecular flexibility index (Phi) is 4.09. The van der Waals surface area contributed by atoms with Crippen molar-refractivity contribution in [2.75, 3.05) is 11.9 Å². The molecule has 1 N–H and O–H groups in total. The van der Waals surface area contributed by atoms with Gasteiger partial charge < -0.3 is 10.0 Å². The highest BCUT2D eigenvalue weighted by atomic mass is 35.5. The average Bonchev–Trinajstić information content (AvgIpc) is 2.65. The van der Waals surface area contributed by atoms with Crippen LogP contribution in [0.5, 0.6) is 5.75 Å². The van der Waals surface area contributed by atoms with Crippen LogP contribution in [0.25, 0.3) is 0 Å². The van der Waals surface area contributed by atoms with Crippen molar-refractivity contribution in [1.82, 2.24) is 0 Å². The number of aromatic hydroxyl groups is 1. The second kappa shape index (κ2) is 6.05. The molecule has 0 aromatic heterocycles. The molecular weight excluding hydrogens is 312 g/mol. The minimum atomic E-state index is -0.435. The molecule has 1 atom stereocenters. The van der Waals surface area contributed by atoms with Crippen LogP contribution < -0.4 is 4.90 Å². The van der Waals surface area contributed by atoms with Gasteiger partial charge in [-0.3, -0.25) is 9.79 Å². The summed E-state index contributed by atoms with van der Waals surface area (Å²) in [5.74, 6) is 0.152. The number of phenols is 1. The number of phenolic OH excluding ortho intramolecular Hbond substituents is 1. The van der Waals surface area contributed by atoms with Crippen LogP contribution in [-0.2, 0) is 4.79 Å². The summed E-state index contributed by atoms with van der Waals surface area (Å²) in [6, 6.07) is 11.8. The quantitative estimate of drug-likeness (QED) is 0.915. The van der Waals surface area contributed by atoms with Crippen LogP contribution in [0.4, 0.5) is 5.69 Å². The Morgan fingerprint density at radius 2 is 1.91 bits per heavy atom. The Morgan fingerprint density at radius 3 is 2.57 bits per heavy atom. The topological polar surface area (TPSA) is 52.9 Å². The Morgan fingerprint density at radius 1 is 1.22 bits per heavy atom. The SMILES string of the molecule is CCC1N=C(c2ccc(O)cc2)c2cc(Cl)ccc2N(C)C1=O. The van der Waals surface area contributed by atoms with Crippen molar-refractivity contribution in [2.45, 2.75) is 19.4 Å². The maximum Gasteiger partial charge on any atom is 0.251 e. The average molecular weight is 329 g/mol. The van der Waals surface area contributed by atoms with Crippen LogP contribution in [0.2, 0.25) is 5.02 Å². The maximum absolute atomic E-state index is 12.6. The second-order valence-corrected chi connectivity index (χ2v) is 5.94. The molecule has 2 aromatic carbocycles. The predicted octanol–water partition coefficient (Wildman–Crippen LogP) is 3.64. The van der Waals surface area contributed by atoms with Gasteiger partial charge in [0.25, 0.3) is 5.91 Å². The van der Waals surface area contributed by atoms with E-state index in [-0.39, 0.29) is 11.7 Å². The summed E-state index contributed by atoms with van der Waals surface area (Å²) in [7, 11) is 1.76. The molecule has 118 valence electrons. The highest BCUT2D eigenvalue weighted by Crippen LogP contribution is 2.31. The van der Waals surface area contributed by atoms with Crippen molar-refractivity contribution in [2.24, 2.45) is 4.99 Å². The first-order chi connectivity index (χ1) is 11.0. The maximum atomic E-state index is 12.6. The monoisotopic (exact) mass is 328 g/mol. The summed E-state index contributed by atoms with van der Waals surface area (Å²) in [6.07, 6.45) is 0.618. The summed E-state index contributed by atoms with van der Waals surface area (Å²) in [6.45, 7) is 1.94. The normalized spacial score (nSPS) is 17.5. The van der Waals surface area contributed by atoms with Crippen LogP contribution in [0.3, 0.4) is 0 Å². The number of carbonyl (C=O) groups is 1. The van der Waals surface area contributed by atoms with E-state index < -0.39 is 6.04 Å². The Hall–Kier alpha value is -2.33. The molecule has 1 unspecified atom stereocenters. The summed E-state index contributed by atoms with van der Waals surface area (Å²) >= 11 is 6.16. The zero-order valence-corrected chi connectivity index (χ0v) is 13.7. The molecule has 1 aliphatic heterocycles. The summed E-state index contributed by atoms with van der Waals surface area (Å²) in [5, 5.41) is 10.1. The van der Waals surface area contributed by atoms with Crippen molar-refractivity contribution >= 4 is 28.9 Å². The van der Waals surface area contributed by atoms with Gasteiger partial charge in [0.1, 0.15) is 11.8 Å². The van der Waals surface area contributed by atoms with E-state index in [1.165, 1.54) is 0 Å².